The summed E-state index contributed by atoms with van der Waals surface area (Å²) in [6.45, 7) is 1.85. The Balaban J connectivity index is 1.69. The molecule has 1 amide bonds. The van der Waals surface area contributed by atoms with Crippen molar-refractivity contribution in [3.63, 3.8) is 0 Å². The number of nitriles is 1. The van der Waals surface area contributed by atoms with E-state index in [1.165, 1.54) is 6.08 Å². The van der Waals surface area contributed by atoms with Gasteiger partial charge in [-0.1, -0.05) is 23.7 Å². The summed E-state index contributed by atoms with van der Waals surface area (Å²) in [6.07, 6.45) is 4.70. The number of carbonyl (C=O) groups is 1. The molecule has 1 heterocycles. The molecule has 138 valence electrons. The summed E-state index contributed by atoms with van der Waals surface area (Å²) < 4.78 is 5.68. The van der Waals surface area contributed by atoms with E-state index in [0.29, 0.717) is 22.0 Å². The summed E-state index contributed by atoms with van der Waals surface area (Å²) in [5.74, 6) is 0.513. The Morgan fingerprint density at radius 2 is 2.07 bits per heavy atom. The molecule has 0 saturated carbocycles. The molecular weight excluding hydrogens is 374 g/mol. The van der Waals surface area contributed by atoms with Crippen molar-refractivity contribution < 1.29 is 9.53 Å². The van der Waals surface area contributed by atoms with Crippen molar-refractivity contribution in [1.82, 2.24) is 4.98 Å². The third-order valence-corrected chi connectivity index (χ3v) is 4.07. The maximum absolute atomic E-state index is 12.2. The number of pyridine rings is 1. The molecule has 3 aromatic rings. The first-order chi connectivity index (χ1) is 13.5. The maximum atomic E-state index is 12.2. The number of hydrogen-bond donors (Lipinski definition) is 1. The van der Waals surface area contributed by atoms with Gasteiger partial charge in [0.15, 0.2) is 0 Å². The van der Waals surface area contributed by atoms with Crippen LogP contribution in [0.25, 0.3) is 6.08 Å². The molecule has 1 aromatic heterocycles. The van der Waals surface area contributed by atoms with Crippen molar-refractivity contribution >= 4 is 29.3 Å². The van der Waals surface area contributed by atoms with E-state index in [9.17, 15) is 4.79 Å². The number of aryl methyl sites for hydroxylation is 1. The van der Waals surface area contributed by atoms with Crippen LogP contribution in [-0.2, 0) is 4.79 Å². The fourth-order valence-electron chi connectivity index (χ4n) is 2.47. The van der Waals surface area contributed by atoms with Crippen LogP contribution in [0.4, 0.5) is 5.69 Å². The van der Waals surface area contributed by atoms with Gasteiger partial charge in [0.1, 0.15) is 17.4 Å². The second-order valence-corrected chi connectivity index (χ2v) is 6.36. The molecule has 0 radical (unpaired) electrons. The predicted octanol–water partition coefficient (Wildman–Crippen LogP) is 5.36. The zero-order valence-electron chi connectivity index (χ0n) is 15.0. The average Bonchev–Trinajstić information content (AvgIpc) is 2.69. The second kappa shape index (κ2) is 8.85. The van der Waals surface area contributed by atoms with Crippen LogP contribution in [0.5, 0.6) is 11.6 Å². The molecule has 28 heavy (non-hydrogen) atoms. The lowest BCUT2D eigenvalue weighted by atomic mass is 10.2. The topological polar surface area (TPSA) is 75.0 Å². The maximum Gasteiger partial charge on any atom is 0.248 e. The molecule has 6 heteroatoms. The van der Waals surface area contributed by atoms with E-state index in [2.05, 4.69) is 10.3 Å². The van der Waals surface area contributed by atoms with Gasteiger partial charge in [-0.05, 0) is 66.6 Å². The first kappa shape index (κ1) is 19.2. The van der Waals surface area contributed by atoms with E-state index >= 15 is 0 Å². The summed E-state index contributed by atoms with van der Waals surface area (Å²) in [7, 11) is 0. The van der Waals surface area contributed by atoms with E-state index in [4.69, 9.17) is 21.6 Å². The van der Waals surface area contributed by atoms with Gasteiger partial charge in [-0.25, -0.2) is 4.98 Å². The molecule has 1 N–H and O–H groups in total. The summed E-state index contributed by atoms with van der Waals surface area (Å²) >= 11 is 5.93. The first-order valence-electron chi connectivity index (χ1n) is 8.43. The van der Waals surface area contributed by atoms with Crippen LogP contribution < -0.4 is 10.1 Å². The lowest BCUT2D eigenvalue weighted by Crippen LogP contribution is -2.09. The summed E-state index contributed by atoms with van der Waals surface area (Å²) in [6, 6.07) is 17.8. The lowest BCUT2D eigenvalue weighted by molar-refractivity contribution is -0.111. The van der Waals surface area contributed by atoms with Crippen LogP contribution in [0.1, 0.15) is 16.7 Å². The largest absolute Gasteiger partial charge is 0.438 e. The van der Waals surface area contributed by atoms with E-state index in [1.807, 2.05) is 25.1 Å². The van der Waals surface area contributed by atoms with E-state index < -0.39 is 0 Å². The van der Waals surface area contributed by atoms with Gasteiger partial charge in [-0.3, -0.25) is 4.79 Å². The Labute approximate surface area is 167 Å². The predicted molar refractivity (Wildman–Crippen MR) is 109 cm³/mol. The van der Waals surface area contributed by atoms with Gasteiger partial charge in [0.2, 0.25) is 11.8 Å². The number of nitrogens with zero attached hydrogens (tertiary/aromatic N) is 2. The van der Waals surface area contributed by atoms with Crippen molar-refractivity contribution in [2.75, 3.05) is 5.32 Å². The second-order valence-electron chi connectivity index (χ2n) is 5.92. The van der Waals surface area contributed by atoms with Gasteiger partial charge in [0.05, 0.1) is 0 Å². The van der Waals surface area contributed by atoms with Gasteiger partial charge >= 0.3 is 0 Å². The monoisotopic (exact) mass is 389 g/mol. The highest BCUT2D eigenvalue weighted by molar-refractivity contribution is 6.30. The Morgan fingerprint density at radius 3 is 2.82 bits per heavy atom. The van der Waals surface area contributed by atoms with Crippen molar-refractivity contribution in [3.8, 4) is 17.7 Å². The fourth-order valence-corrected chi connectivity index (χ4v) is 2.66. The minimum absolute atomic E-state index is 0.241. The summed E-state index contributed by atoms with van der Waals surface area (Å²) in [4.78, 5) is 16.2. The van der Waals surface area contributed by atoms with E-state index in [1.54, 1.807) is 54.7 Å². The van der Waals surface area contributed by atoms with Crippen molar-refractivity contribution in [3.05, 3.63) is 88.6 Å². The fraction of sp³-hybridized carbons (Fsp3) is 0.0455. The molecule has 5 nitrogen and oxygen atoms in total. The number of nitrogens with one attached hydrogen (secondary N) is 1. The molecule has 0 atom stereocenters. The van der Waals surface area contributed by atoms with Crippen LogP contribution in [0.15, 0.2) is 66.9 Å². The molecule has 0 fully saturated rings. The van der Waals surface area contributed by atoms with Gasteiger partial charge in [0, 0.05) is 23.0 Å². The normalized spacial score (nSPS) is 10.5. The average molecular weight is 390 g/mol. The minimum Gasteiger partial charge on any atom is -0.438 e. The highest BCUT2D eigenvalue weighted by atomic mass is 35.5. The molecule has 0 aliphatic rings. The number of carbonyl (C=O) groups excluding carboxylic acids is 1. The lowest BCUT2D eigenvalue weighted by Gasteiger charge is -2.10. The molecule has 0 spiro atoms. The van der Waals surface area contributed by atoms with Gasteiger partial charge in [-0.15, -0.1) is 0 Å². The standard InChI is InChI=1S/C22H16ClN3O2/c1-15-12-19(28-22-17(14-24)5-3-11-25-22)8-9-20(15)26-21(27)10-7-16-4-2-6-18(23)13-16/h2-13H,1H3,(H,26,27)/b10-7+. The number of ether oxygens (including phenoxy) is 1. The summed E-state index contributed by atoms with van der Waals surface area (Å²) in [5, 5.41) is 12.5. The number of rotatable bonds is 5. The molecule has 0 aliphatic heterocycles. The molecular formula is C22H16ClN3O2. The molecule has 0 saturated heterocycles. The first-order valence-corrected chi connectivity index (χ1v) is 8.81. The van der Waals surface area contributed by atoms with Crippen molar-refractivity contribution in [2.45, 2.75) is 6.92 Å². The Kier molecular flexibility index (Phi) is 6.05. The van der Waals surface area contributed by atoms with Gasteiger partial charge in [0.25, 0.3) is 0 Å². The molecule has 0 aliphatic carbocycles. The Morgan fingerprint density at radius 1 is 1.21 bits per heavy atom. The number of aromatic nitrogens is 1. The van der Waals surface area contributed by atoms with Gasteiger partial charge < -0.3 is 10.1 Å². The van der Waals surface area contributed by atoms with Crippen LogP contribution in [-0.4, -0.2) is 10.9 Å². The van der Waals surface area contributed by atoms with Crippen molar-refractivity contribution in [1.29, 1.82) is 5.26 Å². The Hall–Kier alpha value is -3.62. The highest BCUT2D eigenvalue weighted by Crippen LogP contribution is 2.26. The van der Waals surface area contributed by atoms with Crippen LogP contribution in [0, 0.1) is 18.3 Å². The molecule has 3 rings (SSSR count). The summed E-state index contributed by atoms with van der Waals surface area (Å²) in [5.41, 5.74) is 2.67. The minimum atomic E-state index is -0.256. The molecule has 0 unspecified atom stereocenters. The molecule has 2 aromatic carbocycles. The number of anilines is 1. The SMILES string of the molecule is Cc1cc(Oc2ncccc2C#N)ccc1NC(=O)/C=C/c1cccc(Cl)c1. The third kappa shape index (κ3) is 4.97. The zero-order valence-corrected chi connectivity index (χ0v) is 15.8. The zero-order chi connectivity index (χ0) is 19.9. The van der Waals surface area contributed by atoms with Crippen molar-refractivity contribution in [2.24, 2.45) is 0 Å². The quantitative estimate of drug-likeness (QED) is 0.596. The smallest absolute Gasteiger partial charge is 0.248 e. The van der Waals surface area contributed by atoms with E-state index in [-0.39, 0.29) is 11.8 Å². The Bertz CT molecular complexity index is 1090. The number of benzene rings is 2. The molecule has 0 bridgehead atoms. The highest BCUT2D eigenvalue weighted by Gasteiger charge is 2.08. The number of hydrogen-bond acceptors (Lipinski definition) is 4. The third-order valence-electron chi connectivity index (χ3n) is 3.84. The van der Waals surface area contributed by atoms with E-state index in [0.717, 1.165) is 11.1 Å². The van der Waals surface area contributed by atoms with Crippen LogP contribution >= 0.6 is 11.6 Å². The number of amides is 1. The van der Waals surface area contributed by atoms with Gasteiger partial charge in [-0.2, -0.15) is 5.26 Å². The van der Waals surface area contributed by atoms with Crippen LogP contribution in [0.3, 0.4) is 0 Å². The number of halogens is 1. The van der Waals surface area contributed by atoms with Crippen LogP contribution in [0.2, 0.25) is 5.02 Å².